The molecule has 1 rings (SSSR count). The number of nitrogens with one attached hydrogen (secondary N) is 1. The van der Waals surface area contributed by atoms with Crippen molar-refractivity contribution in [2.24, 2.45) is 5.73 Å². The van der Waals surface area contributed by atoms with E-state index in [9.17, 15) is 12.8 Å². The lowest BCUT2D eigenvalue weighted by Crippen LogP contribution is -2.23. The predicted octanol–water partition coefficient (Wildman–Crippen LogP) is 1.24. The van der Waals surface area contributed by atoms with Gasteiger partial charge in [-0.25, -0.2) is 17.5 Å². The number of halogens is 2. The Morgan fingerprint density at radius 1 is 1.50 bits per heavy atom. The Bertz CT molecular complexity index is 491. The Balaban J connectivity index is 3.32. The fourth-order valence-corrected chi connectivity index (χ4v) is 2.48. The number of hydrogen-bond donors (Lipinski definition) is 2. The van der Waals surface area contributed by atoms with Gasteiger partial charge in [-0.05, 0) is 17.7 Å². The van der Waals surface area contributed by atoms with Crippen LogP contribution in [0.15, 0.2) is 17.0 Å². The van der Waals surface area contributed by atoms with Gasteiger partial charge in [0.15, 0.2) is 0 Å². The van der Waals surface area contributed by atoms with Crippen LogP contribution >= 0.6 is 11.6 Å². The van der Waals surface area contributed by atoms with Crippen molar-refractivity contribution < 1.29 is 12.8 Å². The predicted molar refractivity (Wildman–Crippen MR) is 60.2 cm³/mol. The van der Waals surface area contributed by atoms with Crippen LogP contribution in [0, 0.1) is 5.82 Å². The second-order valence-electron chi connectivity index (χ2n) is 3.08. The molecule has 0 amide bonds. The maximum atomic E-state index is 13.3. The molecule has 0 aliphatic carbocycles. The molecule has 0 radical (unpaired) electrons. The van der Waals surface area contributed by atoms with Crippen molar-refractivity contribution in [2.45, 2.75) is 18.4 Å². The lowest BCUT2D eigenvalue weighted by Gasteiger charge is -2.08. The van der Waals surface area contributed by atoms with Crippen LogP contribution in [0.1, 0.15) is 12.5 Å². The van der Waals surface area contributed by atoms with Crippen LogP contribution in [0.4, 0.5) is 4.39 Å². The summed E-state index contributed by atoms with van der Waals surface area (Å²) in [6.45, 7) is 1.84. The van der Waals surface area contributed by atoms with Crippen molar-refractivity contribution >= 4 is 21.6 Å². The van der Waals surface area contributed by atoms with Crippen LogP contribution in [0.5, 0.6) is 0 Å². The zero-order valence-electron chi connectivity index (χ0n) is 8.63. The van der Waals surface area contributed by atoms with Gasteiger partial charge in [0.1, 0.15) is 5.82 Å². The van der Waals surface area contributed by atoms with Crippen LogP contribution in [0.25, 0.3) is 0 Å². The molecule has 0 aromatic heterocycles. The summed E-state index contributed by atoms with van der Waals surface area (Å²) in [6.07, 6.45) is 0. The molecule has 0 aliphatic heterocycles. The molecule has 0 saturated heterocycles. The van der Waals surface area contributed by atoms with Gasteiger partial charge in [0.25, 0.3) is 0 Å². The lowest BCUT2D eigenvalue weighted by molar-refractivity contribution is 0.579. The van der Waals surface area contributed by atoms with Crippen LogP contribution in [-0.4, -0.2) is 15.0 Å². The molecule has 0 aliphatic rings. The summed E-state index contributed by atoms with van der Waals surface area (Å²) in [5.41, 5.74) is 5.60. The van der Waals surface area contributed by atoms with Gasteiger partial charge in [0.05, 0.1) is 9.92 Å². The van der Waals surface area contributed by atoms with Crippen LogP contribution in [0.2, 0.25) is 5.02 Å². The van der Waals surface area contributed by atoms with Gasteiger partial charge in [-0.2, -0.15) is 0 Å². The second-order valence-corrected chi connectivity index (χ2v) is 5.23. The van der Waals surface area contributed by atoms with Crippen molar-refractivity contribution in [3.05, 3.63) is 28.5 Å². The molecular weight excluding hydrogens is 255 g/mol. The van der Waals surface area contributed by atoms with Crippen molar-refractivity contribution in [2.75, 3.05) is 6.54 Å². The van der Waals surface area contributed by atoms with E-state index < -0.39 is 15.8 Å². The van der Waals surface area contributed by atoms with Gasteiger partial charge >= 0.3 is 0 Å². The van der Waals surface area contributed by atoms with E-state index in [4.69, 9.17) is 17.3 Å². The lowest BCUT2D eigenvalue weighted by atomic mass is 10.2. The van der Waals surface area contributed by atoms with Crippen LogP contribution in [0.3, 0.4) is 0 Å². The first-order valence-electron chi connectivity index (χ1n) is 4.60. The van der Waals surface area contributed by atoms with E-state index in [0.29, 0.717) is 0 Å². The SMILES string of the molecule is CCNS(=O)(=O)c1cc(F)c(Cl)c(CN)c1. The fourth-order valence-electron chi connectivity index (χ4n) is 1.20. The third-order valence-electron chi connectivity index (χ3n) is 1.94. The van der Waals surface area contributed by atoms with E-state index in [2.05, 4.69) is 4.72 Å². The van der Waals surface area contributed by atoms with Crippen LogP contribution < -0.4 is 10.5 Å². The summed E-state index contributed by atoms with van der Waals surface area (Å²) in [4.78, 5) is -0.170. The van der Waals surface area contributed by atoms with Crippen molar-refractivity contribution in [1.29, 1.82) is 0 Å². The number of hydrogen-bond acceptors (Lipinski definition) is 3. The molecule has 0 spiro atoms. The molecule has 0 atom stereocenters. The Hall–Kier alpha value is -0.690. The van der Waals surface area contributed by atoms with E-state index in [0.717, 1.165) is 6.07 Å². The minimum absolute atomic E-state index is 0.0226. The number of sulfonamides is 1. The first-order valence-corrected chi connectivity index (χ1v) is 6.46. The van der Waals surface area contributed by atoms with E-state index >= 15 is 0 Å². The van der Waals surface area contributed by atoms with E-state index in [1.807, 2.05) is 0 Å². The zero-order chi connectivity index (χ0) is 12.3. The number of benzene rings is 1. The average molecular weight is 267 g/mol. The first kappa shape index (κ1) is 13.4. The first-order chi connectivity index (χ1) is 7.42. The van der Waals surface area contributed by atoms with Gasteiger partial charge in [-0.3, -0.25) is 0 Å². The summed E-state index contributed by atoms with van der Waals surface area (Å²) in [5, 5.41) is -0.141. The molecular formula is C9H12ClFN2O2S. The van der Waals surface area contributed by atoms with Gasteiger partial charge in [-0.1, -0.05) is 18.5 Å². The number of nitrogens with two attached hydrogens (primary N) is 1. The van der Waals surface area contributed by atoms with Crippen LogP contribution in [-0.2, 0) is 16.6 Å². The van der Waals surface area contributed by atoms with Crippen molar-refractivity contribution in [3.8, 4) is 0 Å². The zero-order valence-corrected chi connectivity index (χ0v) is 10.2. The summed E-state index contributed by atoms with van der Waals surface area (Å²) >= 11 is 5.62. The second kappa shape index (κ2) is 5.09. The highest BCUT2D eigenvalue weighted by Gasteiger charge is 2.17. The topological polar surface area (TPSA) is 72.2 Å². The van der Waals surface area contributed by atoms with Gasteiger partial charge in [0.2, 0.25) is 10.0 Å². The van der Waals surface area contributed by atoms with E-state index in [1.165, 1.54) is 6.07 Å². The third kappa shape index (κ3) is 2.70. The largest absolute Gasteiger partial charge is 0.326 e. The fraction of sp³-hybridized carbons (Fsp3) is 0.333. The van der Waals surface area contributed by atoms with Gasteiger partial charge < -0.3 is 5.73 Å². The molecule has 16 heavy (non-hydrogen) atoms. The Kier molecular flexibility index (Phi) is 4.26. The highest BCUT2D eigenvalue weighted by molar-refractivity contribution is 7.89. The summed E-state index contributed by atoms with van der Waals surface area (Å²) in [6, 6.07) is 2.14. The molecule has 4 nitrogen and oxygen atoms in total. The molecule has 0 saturated carbocycles. The molecule has 1 aromatic carbocycles. The molecule has 90 valence electrons. The molecule has 0 heterocycles. The van der Waals surface area contributed by atoms with E-state index in [1.54, 1.807) is 6.92 Å². The monoisotopic (exact) mass is 266 g/mol. The third-order valence-corrected chi connectivity index (χ3v) is 3.89. The number of rotatable bonds is 4. The van der Waals surface area contributed by atoms with Crippen molar-refractivity contribution in [1.82, 2.24) is 4.72 Å². The molecule has 0 fully saturated rings. The summed E-state index contributed by atoms with van der Waals surface area (Å²) < 4.78 is 38.8. The highest BCUT2D eigenvalue weighted by Crippen LogP contribution is 2.23. The van der Waals surface area contributed by atoms with Gasteiger partial charge in [-0.15, -0.1) is 0 Å². The average Bonchev–Trinajstić information content (AvgIpc) is 2.21. The van der Waals surface area contributed by atoms with E-state index in [-0.39, 0.29) is 28.6 Å². The van der Waals surface area contributed by atoms with Gasteiger partial charge in [0, 0.05) is 13.1 Å². The Morgan fingerprint density at radius 2 is 2.12 bits per heavy atom. The normalized spacial score (nSPS) is 11.8. The highest BCUT2D eigenvalue weighted by atomic mass is 35.5. The smallest absolute Gasteiger partial charge is 0.240 e. The molecule has 3 N–H and O–H groups in total. The Labute approximate surface area is 98.6 Å². The van der Waals surface area contributed by atoms with Crippen molar-refractivity contribution in [3.63, 3.8) is 0 Å². The molecule has 0 bridgehead atoms. The minimum Gasteiger partial charge on any atom is -0.326 e. The molecule has 7 heteroatoms. The minimum atomic E-state index is -3.69. The standard InChI is InChI=1S/C9H12ClFN2O2S/c1-2-13-16(14,15)7-3-6(5-12)9(10)8(11)4-7/h3-4,13H,2,5,12H2,1H3. The quantitative estimate of drug-likeness (QED) is 0.861. The maximum absolute atomic E-state index is 13.3. The summed E-state index contributed by atoms with van der Waals surface area (Å²) in [5.74, 6) is -0.791. The molecule has 0 unspecified atom stereocenters. The Morgan fingerprint density at radius 3 is 2.62 bits per heavy atom. The molecule has 1 aromatic rings. The maximum Gasteiger partial charge on any atom is 0.240 e. The summed E-state index contributed by atoms with van der Waals surface area (Å²) in [7, 11) is -3.69.